The van der Waals surface area contributed by atoms with Crippen LogP contribution >= 0.6 is 0 Å². The van der Waals surface area contributed by atoms with E-state index < -0.39 is 36.6 Å². The maximum absolute atomic E-state index is 8.64. The van der Waals surface area contributed by atoms with E-state index in [1.54, 1.807) is 0 Å². The second-order valence-electron chi connectivity index (χ2n) is 1.65. The van der Waals surface area contributed by atoms with Crippen LogP contribution in [0.1, 0.15) is 0 Å². The van der Waals surface area contributed by atoms with Gasteiger partial charge in [0.1, 0.15) is 0 Å². The molecule has 15 nitrogen and oxygen atoms in total. The van der Waals surface area contributed by atoms with Crippen LogP contribution in [-0.2, 0) is 0 Å². The molecule has 0 saturated carbocycles. The van der Waals surface area contributed by atoms with Crippen LogP contribution in [-0.4, -0.2) is 130 Å². The molecule has 0 aliphatic rings. The molecule has 11 N–H and O–H groups in total. The van der Waals surface area contributed by atoms with Crippen molar-refractivity contribution in [2.24, 2.45) is 0 Å². The molecule has 0 bridgehead atoms. The largest absolute Gasteiger partial charge is 2.00 e. The van der Waals surface area contributed by atoms with E-state index in [-0.39, 0.29) is 96.9 Å². The Balaban J connectivity index is -0.0000000197. The SMILES string of the molecule is OB(O)O.OB(O)O.OB(O)O.[Ca+2].[Na+].[Na+].[O-]B(O)O.[O-]B([O-])[O-]. The summed E-state index contributed by atoms with van der Waals surface area (Å²) in [6, 6.07) is 0. The molecular formula is H11B5CaNa2O15. The summed E-state index contributed by atoms with van der Waals surface area (Å²) in [5, 5.41) is 113. The summed E-state index contributed by atoms with van der Waals surface area (Å²) >= 11 is 0. The van der Waals surface area contributed by atoms with Crippen LogP contribution in [0.3, 0.4) is 0 Å². The molecule has 0 radical (unpaired) electrons. The second-order valence-corrected chi connectivity index (χ2v) is 1.65. The van der Waals surface area contributed by atoms with Gasteiger partial charge in [0.25, 0.3) is 0 Å². The molecular weight excluding hydrogens is 380 g/mol. The van der Waals surface area contributed by atoms with Crippen molar-refractivity contribution in [3.63, 3.8) is 0 Å². The van der Waals surface area contributed by atoms with Crippen molar-refractivity contribution >= 4 is 74.3 Å². The maximum atomic E-state index is 8.64. The smallest absolute Gasteiger partial charge is 0.907 e. The van der Waals surface area contributed by atoms with E-state index >= 15 is 0 Å². The average molecular weight is 391 g/mol. The monoisotopic (exact) mass is 392 g/mol. The molecule has 23 heavy (non-hydrogen) atoms. The first-order valence-electron chi connectivity index (χ1n) is 3.78. The van der Waals surface area contributed by atoms with E-state index in [2.05, 4.69) is 0 Å². The molecule has 0 aromatic rings. The zero-order chi connectivity index (χ0) is 17.9. The quantitative estimate of drug-likeness (QED) is 0.171. The molecule has 0 aromatic carbocycles. The van der Waals surface area contributed by atoms with Gasteiger partial charge in [0.05, 0.1) is 0 Å². The maximum Gasteiger partial charge on any atom is 2.00 e. The van der Waals surface area contributed by atoms with Crippen molar-refractivity contribution in [1.82, 2.24) is 0 Å². The first kappa shape index (κ1) is 50.1. The van der Waals surface area contributed by atoms with Crippen LogP contribution < -0.4 is 79.2 Å². The zero-order valence-corrected chi connectivity index (χ0v) is 18.4. The Morgan fingerprint density at radius 2 is 0.435 bits per heavy atom. The van der Waals surface area contributed by atoms with Crippen LogP contribution in [0.2, 0.25) is 0 Å². The number of hydrogen-bond acceptors (Lipinski definition) is 15. The average Bonchev–Trinajstić information content (AvgIpc) is 1.94. The Morgan fingerprint density at radius 3 is 0.435 bits per heavy atom. The van der Waals surface area contributed by atoms with Crippen LogP contribution in [0.25, 0.3) is 0 Å². The molecule has 23 heteroatoms. The van der Waals surface area contributed by atoms with Crippen molar-refractivity contribution < 1.29 is 134 Å². The first-order valence-corrected chi connectivity index (χ1v) is 3.78. The summed E-state index contributed by atoms with van der Waals surface area (Å²) in [4.78, 5) is 0. The van der Waals surface area contributed by atoms with Crippen LogP contribution in [0.5, 0.6) is 0 Å². The van der Waals surface area contributed by atoms with Gasteiger partial charge in [-0.1, -0.05) is 0 Å². The van der Waals surface area contributed by atoms with E-state index in [1.807, 2.05) is 0 Å². The van der Waals surface area contributed by atoms with Gasteiger partial charge in [-0.05, 0) is 0 Å². The first-order chi connectivity index (χ1) is 8.66. The molecule has 0 amide bonds. The van der Waals surface area contributed by atoms with Gasteiger partial charge in [0, 0.05) is 0 Å². The zero-order valence-electron chi connectivity index (χ0n) is 12.1. The Hall–Kier alpha value is 2.98. The third-order valence-corrected chi connectivity index (χ3v) is 0. The van der Waals surface area contributed by atoms with Crippen molar-refractivity contribution in [2.45, 2.75) is 0 Å². The second kappa shape index (κ2) is 44.4. The molecule has 0 aliphatic carbocycles. The van der Waals surface area contributed by atoms with E-state index in [1.165, 1.54) is 0 Å². The molecule has 0 spiro atoms. The van der Waals surface area contributed by atoms with E-state index in [4.69, 9.17) is 75.4 Å². The number of rotatable bonds is 0. The van der Waals surface area contributed by atoms with Gasteiger partial charge in [0.2, 0.25) is 0 Å². The van der Waals surface area contributed by atoms with Gasteiger partial charge >= 0.3 is 126 Å². The minimum Gasteiger partial charge on any atom is -0.907 e. The Bertz CT molecular complexity index is 90.4. The van der Waals surface area contributed by atoms with Gasteiger partial charge in [-0.15, -0.1) is 0 Å². The standard InChI is InChI=1S/3BH3O3.BH2O3.BO3.Ca.2Na/c5*2-1(3)4;;;/h3*2-4H;2-3H;;;;/q;;;-1;-3;+2;2*+1. The molecule has 0 saturated heterocycles. The van der Waals surface area contributed by atoms with Crippen molar-refractivity contribution in [2.75, 3.05) is 0 Å². The molecule has 0 rings (SSSR count). The minimum absolute atomic E-state index is 0. The molecule has 0 atom stereocenters. The topological polar surface area (TPSA) is 315 Å². The van der Waals surface area contributed by atoms with Crippen LogP contribution in [0.15, 0.2) is 0 Å². The van der Waals surface area contributed by atoms with Crippen molar-refractivity contribution in [3.05, 3.63) is 0 Å². The molecule has 0 heterocycles. The normalized spacial score (nSPS) is 5.87. The van der Waals surface area contributed by atoms with Gasteiger partial charge in [-0.2, -0.15) is 0 Å². The molecule has 120 valence electrons. The molecule has 0 unspecified atom stereocenters. The van der Waals surface area contributed by atoms with Crippen LogP contribution in [0.4, 0.5) is 0 Å². The fraction of sp³-hybridized carbons (Fsp3) is 0. The minimum atomic E-state index is -2.92. The van der Waals surface area contributed by atoms with Gasteiger partial charge in [-0.25, -0.2) is 0 Å². The van der Waals surface area contributed by atoms with Crippen LogP contribution in [0, 0.1) is 0 Å². The van der Waals surface area contributed by atoms with E-state index in [9.17, 15) is 0 Å². The van der Waals surface area contributed by atoms with Gasteiger partial charge < -0.3 is 75.4 Å². The predicted molar refractivity (Wildman–Crippen MR) is 58.9 cm³/mol. The van der Waals surface area contributed by atoms with E-state index in [0.29, 0.717) is 0 Å². The van der Waals surface area contributed by atoms with Gasteiger partial charge in [0.15, 0.2) is 0 Å². The fourth-order valence-electron chi connectivity index (χ4n) is 0. The van der Waals surface area contributed by atoms with Crippen molar-refractivity contribution in [1.29, 1.82) is 0 Å². The summed E-state index contributed by atoms with van der Waals surface area (Å²) in [5.74, 6) is 0. The predicted octanol–water partition coefficient (Wildman–Crippen LogP) is -19.2. The third kappa shape index (κ3) is 1480. The summed E-state index contributed by atoms with van der Waals surface area (Å²) in [5.41, 5.74) is 0. The van der Waals surface area contributed by atoms with Gasteiger partial charge in [-0.3, -0.25) is 7.32 Å². The summed E-state index contributed by atoms with van der Waals surface area (Å²) in [6.07, 6.45) is 0. The number of hydrogen-bond donors (Lipinski definition) is 11. The Kier molecular flexibility index (Phi) is 96.9. The fourth-order valence-corrected chi connectivity index (χ4v) is 0. The molecule has 0 fully saturated rings. The van der Waals surface area contributed by atoms with E-state index in [0.717, 1.165) is 0 Å². The Morgan fingerprint density at radius 1 is 0.435 bits per heavy atom. The third-order valence-electron chi connectivity index (χ3n) is 0. The summed E-state index contributed by atoms with van der Waals surface area (Å²) in [7, 11) is -11.8. The van der Waals surface area contributed by atoms with Crippen molar-refractivity contribution in [3.8, 4) is 0 Å². The molecule has 0 aromatic heterocycles. The summed E-state index contributed by atoms with van der Waals surface area (Å²) in [6.45, 7) is 0. The Labute approximate surface area is 206 Å². The summed E-state index contributed by atoms with van der Waals surface area (Å²) < 4.78 is 0. The molecule has 0 aliphatic heterocycles.